The molecule has 0 radical (unpaired) electrons. The van der Waals surface area contributed by atoms with Gasteiger partial charge in [0.25, 0.3) is 5.91 Å². The van der Waals surface area contributed by atoms with Gasteiger partial charge in [0.1, 0.15) is 0 Å². The van der Waals surface area contributed by atoms with Crippen molar-refractivity contribution in [3.8, 4) is 11.3 Å². The smallest absolute Gasteiger partial charge is 0.291 e. The summed E-state index contributed by atoms with van der Waals surface area (Å²) in [6, 6.07) is 13.5. The van der Waals surface area contributed by atoms with Crippen molar-refractivity contribution in [1.82, 2.24) is 30.0 Å². The maximum atomic E-state index is 12.5. The maximum absolute atomic E-state index is 12.5. The summed E-state index contributed by atoms with van der Waals surface area (Å²) in [5.41, 5.74) is 2.29. The van der Waals surface area contributed by atoms with Crippen LogP contribution >= 0.6 is 0 Å². The van der Waals surface area contributed by atoms with Crippen LogP contribution in [0.4, 0.5) is 0 Å². The van der Waals surface area contributed by atoms with Crippen LogP contribution in [-0.4, -0.2) is 70.0 Å². The zero-order chi connectivity index (χ0) is 18.5. The van der Waals surface area contributed by atoms with E-state index in [1.807, 2.05) is 42.5 Å². The molecule has 0 saturated carbocycles. The quantitative estimate of drug-likeness (QED) is 0.661. The number of aromatic nitrogens is 4. The van der Waals surface area contributed by atoms with Gasteiger partial charge in [0.05, 0.1) is 18.9 Å². The molecule has 1 N–H and O–H groups in total. The SMILES string of the molecule is O=C(NCCCN1CCOCC1)c1nnc2ccc(-c3ccccc3)nn12. The average Bonchev–Trinajstić information content (AvgIpc) is 3.16. The minimum absolute atomic E-state index is 0.203. The van der Waals surface area contributed by atoms with Crippen molar-refractivity contribution in [3.63, 3.8) is 0 Å². The van der Waals surface area contributed by atoms with Crippen molar-refractivity contribution in [2.24, 2.45) is 0 Å². The van der Waals surface area contributed by atoms with E-state index in [-0.39, 0.29) is 11.7 Å². The van der Waals surface area contributed by atoms with Gasteiger partial charge in [0, 0.05) is 25.2 Å². The van der Waals surface area contributed by atoms with Crippen molar-refractivity contribution < 1.29 is 9.53 Å². The number of rotatable bonds is 6. The minimum atomic E-state index is -0.262. The second kappa shape index (κ2) is 8.24. The van der Waals surface area contributed by atoms with E-state index in [1.54, 1.807) is 0 Å². The molecule has 0 spiro atoms. The Hall–Kier alpha value is -2.84. The summed E-state index contributed by atoms with van der Waals surface area (Å²) >= 11 is 0. The first-order valence-electron chi connectivity index (χ1n) is 9.17. The average molecular weight is 366 g/mol. The van der Waals surface area contributed by atoms with Gasteiger partial charge in [0.2, 0.25) is 5.82 Å². The maximum Gasteiger partial charge on any atom is 0.291 e. The highest BCUT2D eigenvalue weighted by molar-refractivity contribution is 5.91. The molecule has 3 heterocycles. The summed E-state index contributed by atoms with van der Waals surface area (Å²) in [7, 11) is 0. The Labute approximate surface area is 157 Å². The number of carbonyl (C=O) groups excluding carboxylic acids is 1. The van der Waals surface area contributed by atoms with Gasteiger partial charge in [-0.05, 0) is 25.1 Å². The number of hydrogen-bond acceptors (Lipinski definition) is 6. The van der Waals surface area contributed by atoms with Crippen LogP contribution in [0.2, 0.25) is 0 Å². The molecule has 8 heteroatoms. The van der Waals surface area contributed by atoms with E-state index in [9.17, 15) is 4.79 Å². The summed E-state index contributed by atoms with van der Waals surface area (Å²) in [5.74, 6) is -0.0589. The zero-order valence-corrected chi connectivity index (χ0v) is 15.0. The molecule has 4 rings (SSSR count). The van der Waals surface area contributed by atoms with Crippen LogP contribution in [-0.2, 0) is 4.74 Å². The summed E-state index contributed by atoms with van der Waals surface area (Å²) < 4.78 is 6.84. The molecular weight excluding hydrogens is 344 g/mol. The largest absolute Gasteiger partial charge is 0.379 e. The summed E-state index contributed by atoms with van der Waals surface area (Å²) in [6.45, 7) is 5.01. The topological polar surface area (TPSA) is 84.7 Å². The molecule has 8 nitrogen and oxygen atoms in total. The van der Waals surface area contributed by atoms with Gasteiger partial charge >= 0.3 is 0 Å². The third-order valence-corrected chi connectivity index (χ3v) is 4.58. The van der Waals surface area contributed by atoms with Crippen LogP contribution in [0, 0.1) is 0 Å². The van der Waals surface area contributed by atoms with E-state index >= 15 is 0 Å². The van der Waals surface area contributed by atoms with Crippen molar-refractivity contribution in [3.05, 3.63) is 48.3 Å². The van der Waals surface area contributed by atoms with Crippen LogP contribution in [0.3, 0.4) is 0 Å². The number of nitrogens with zero attached hydrogens (tertiary/aromatic N) is 5. The number of fused-ring (bicyclic) bond motifs is 1. The van der Waals surface area contributed by atoms with Gasteiger partial charge in [-0.1, -0.05) is 30.3 Å². The molecule has 1 aromatic carbocycles. The molecule has 140 valence electrons. The van der Waals surface area contributed by atoms with E-state index in [0.29, 0.717) is 12.2 Å². The molecule has 1 saturated heterocycles. The van der Waals surface area contributed by atoms with Gasteiger partial charge in [-0.25, -0.2) is 0 Å². The zero-order valence-electron chi connectivity index (χ0n) is 15.0. The molecule has 0 unspecified atom stereocenters. The highest BCUT2D eigenvalue weighted by Crippen LogP contribution is 2.16. The predicted octanol–water partition coefficient (Wildman–Crippen LogP) is 1.24. The minimum Gasteiger partial charge on any atom is -0.379 e. The fourth-order valence-corrected chi connectivity index (χ4v) is 3.10. The van der Waals surface area contributed by atoms with Gasteiger partial charge in [-0.15, -0.1) is 10.2 Å². The van der Waals surface area contributed by atoms with E-state index in [1.165, 1.54) is 4.52 Å². The molecule has 1 aliphatic heterocycles. The van der Waals surface area contributed by atoms with Gasteiger partial charge in [0.15, 0.2) is 5.65 Å². The van der Waals surface area contributed by atoms with E-state index < -0.39 is 0 Å². The number of nitrogens with one attached hydrogen (secondary N) is 1. The van der Waals surface area contributed by atoms with Crippen molar-refractivity contribution >= 4 is 11.6 Å². The van der Waals surface area contributed by atoms with Gasteiger partial charge in [-0.2, -0.15) is 9.61 Å². The number of amides is 1. The third kappa shape index (κ3) is 4.12. The number of ether oxygens (including phenoxy) is 1. The molecule has 27 heavy (non-hydrogen) atoms. The second-order valence-electron chi connectivity index (χ2n) is 6.44. The van der Waals surface area contributed by atoms with Crippen LogP contribution in [0.25, 0.3) is 16.9 Å². The lowest BCUT2D eigenvalue weighted by Crippen LogP contribution is -2.38. The molecule has 0 atom stereocenters. The normalized spacial score (nSPS) is 15.1. The number of benzene rings is 1. The van der Waals surface area contributed by atoms with E-state index in [4.69, 9.17) is 4.74 Å². The van der Waals surface area contributed by atoms with Crippen molar-refractivity contribution in [2.45, 2.75) is 6.42 Å². The molecule has 2 aromatic heterocycles. The molecule has 1 amide bonds. The monoisotopic (exact) mass is 366 g/mol. The summed E-state index contributed by atoms with van der Waals surface area (Å²) in [6.07, 6.45) is 0.880. The molecule has 3 aromatic rings. The van der Waals surface area contributed by atoms with E-state index in [2.05, 4.69) is 25.5 Å². The second-order valence-corrected chi connectivity index (χ2v) is 6.44. The molecule has 0 aliphatic carbocycles. The Morgan fingerprint density at radius 1 is 1.07 bits per heavy atom. The lowest BCUT2D eigenvalue weighted by Gasteiger charge is -2.26. The first-order valence-corrected chi connectivity index (χ1v) is 9.17. The van der Waals surface area contributed by atoms with Crippen LogP contribution < -0.4 is 5.32 Å². The number of carbonyl (C=O) groups is 1. The molecule has 1 fully saturated rings. The standard InChI is InChI=1S/C19H22N6O2/c26-19(20-9-4-10-24-11-13-27-14-12-24)18-22-21-17-8-7-16(23-25(17)18)15-5-2-1-3-6-15/h1-3,5-8H,4,9-14H2,(H,20,26). The van der Waals surface area contributed by atoms with Crippen LogP contribution in [0.5, 0.6) is 0 Å². The molecule has 0 bridgehead atoms. The first kappa shape index (κ1) is 17.6. The summed E-state index contributed by atoms with van der Waals surface area (Å²) in [4.78, 5) is 14.9. The van der Waals surface area contributed by atoms with Crippen molar-refractivity contribution in [2.75, 3.05) is 39.4 Å². The number of hydrogen-bond donors (Lipinski definition) is 1. The number of morpholine rings is 1. The molecule has 1 aliphatic rings. The lowest BCUT2D eigenvalue weighted by molar-refractivity contribution is 0.0374. The fraction of sp³-hybridized carbons (Fsp3) is 0.368. The highest BCUT2D eigenvalue weighted by Gasteiger charge is 2.16. The Bertz CT molecular complexity index is 905. The Balaban J connectivity index is 1.41. The Morgan fingerprint density at radius 2 is 1.89 bits per heavy atom. The van der Waals surface area contributed by atoms with Crippen molar-refractivity contribution in [1.29, 1.82) is 0 Å². The predicted molar refractivity (Wildman–Crippen MR) is 100 cm³/mol. The van der Waals surface area contributed by atoms with Crippen LogP contribution in [0.1, 0.15) is 17.0 Å². The highest BCUT2D eigenvalue weighted by atomic mass is 16.5. The summed E-state index contributed by atoms with van der Waals surface area (Å²) in [5, 5.41) is 15.5. The Morgan fingerprint density at radius 3 is 2.70 bits per heavy atom. The third-order valence-electron chi connectivity index (χ3n) is 4.58. The van der Waals surface area contributed by atoms with Gasteiger partial charge in [-0.3, -0.25) is 9.69 Å². The van der Waals surface area contributed by atoms with Gasteiger partial charge < -0.3 is 10.1 Å². The van der Waals surface area contributed by atoms with E-state index in [0.717, 1.165) is 50.5 Å². The Kier molecular flexibility index (Phi) is 5.36. The van der Waals surface area contributed by atoms with Crippen LogP contribution in [0.15, 0.2) is 42.5 Å². The fourth-order valence-electron chi connectivity index (χ4n) is 3.10. The molecular formula is C19H22N6O2. The first-order chi connectivity index (χ1) is 13.3. The lowest BCUT2D eigenvalue weighted by atomic mass is 10.1.